The van der Waals surface area contributed by atoms with E-state index in [4.69, 9.17) is 0 Å². The number of carbonyl (C=O) groups is 2. The number of aliphatic imine (C=N–C) groups is 1. The molecule has 4 N–H and O–H groups in total. The van der Waals surface area contributed by atoms with Crippen molar-refractivity contribution in [3.63, 3.8) is 0 Å². The quantitative estimate of drug-likeness (QED) is 0.215. The average molecular weight is 455 g/mol. The van der Waals surface area contributed by atoms with Gasteiger partial charge in [0.15, 0.2) is 11.7 Å². The number of aromatic hydroxyl groups is 1. The number of aromatic amines is 2. The third-order valence-corrected chi connectivity index (χ3v) is 5.90. The highest BCUT2D eigenvalue weighted by Gasteiger charge is 2.15. The Morgan fingerprint density at radius 2 is 1.94 bits per heavy atom. The summed E-state index contributed by atoms with van der Waals surface area (Å²) >= 11 is 1.35. The number of rotatable bonds is 6. The van der Waals surface area contributed by atoms with Crippen LogP contribution >= 0.6 is 11.3 Å². The van der Waals surface area contributed by atoms with Gasteiger partial charge in [-0.15, -0.1) is 11.3 Å². The summed E-state index contributed by atoms with van der Waals surface area (Å²) in [6.45, 7) is 0. The third-order valence-electron chi connectivity index (χ3n) is 5.03. The van der Waals surface area contributed by atoms with E-state index < -0.39 is 0 Å². The molecule has 0 bridgehead atoms. The lowest BCUT2D eigenvalue weighted by molar-refractivity contribution is 0.102. The van der Waals surface area contributed by atoms with E-state index in [1.54, 1.807) is 60.8 Å². The van der Waals surface area contributed by atoms with Gasteiger partial charge in [0, 0.05) is 40.0 Å². The number of nitrogens with zero attached hydrogens (tertiary/aromatic N) is 2. The van der Waals surface area contributed by atoms with Crippen LogP contribution in [0.3, 0.4) is 0 Å². The predicted octanol–water partition coefficient (Wildman–Crippen LogP) is 4.89. The highest BCUT2D eigenvalue weighted by molar-refractivity contribution is 7.12. The Morgan fingerprint density at radius 3 is 2.73 bits per heavy atom. The van der Waals surface area contributed by atoms with Crippen LogP contribution in [0.4, 0.5) is 11.5 Å². The van der Waals surface area contributed by atoms with Gasteiger partial charge in [-0.1, -0.05) is 18.2 Å². The number of nitrogens with one attached hydrogen (secondary N) is 3. The zero-order chi connectivity index (χ0) is 22.8. The third kappa shape index (κ3) is 4.17. The number of hydrogen-bond acceptors (Lipinski definition) is 6. The zero-order valence-corrected chi connectivity index (χ0v) is 17.9. The summed E-state index contributed by atoms with van der Waals surface area (Å²) in [7, 11) is 0. The molecule has 0 aliphatic rings. The van der Waals surface area contributed by atoms with Crippen LogP contribution in [-0.2, 0) is 0 Å². The molecule has 0 fully saturated rings. The van der Waals surface area contributed by atoms with Gasteiger partial charge in [-0.05, 0) is 41.8 Å². The van der Waals surface area contributed by atoms with Crippen LogP contribution < -0.4 is 5.32 Å². The van der Waals surface area contributed by atoms with Crippen molar-refractivity contribution in [2.24, 2.45) is 4.99 Å². The molecule has 0 aliphatic heterocycles. The van der Waals surface area contributed by atoms with Gasteiger partial charge in [-0.25, -0.2) is 4.99 Å². The first-order valence-corrected chi connectivity index (χ1v) is 10.8. The van der Waals surface area contributed by atoms with E-state index in [1.165, 1.54) is 17.6 Å². The molecule has 0 spiro atoms. The minimum absolute atomic E-state index is 0.0452. The molecule has 5 aromatic rings. The van der Waals surface area contributed by atoms with Crippen molar-refractivity contribution in [1.29, 1.82) is 0 Å². The lowest BCUT2D eigenvalue weighted by Crippen LogP contribution is -2.11. The normalized spacial score (nSPS) is 11.3. The summed E-state index contributed by atoms with van der Waals surface area (Å²) in [4.78, 5) is 33.3. The molecule has 0 radical (unpaired) electrons. The summed E-state index contributed by atoms with van der Waals surface area (Å²) in [5.41, 5.74) is 2.55. The van der Waals surface area contributed by atoms with Crippen LogP contribution in [-0.4, -0.2) is 38.2 Å². The predicted molar refractivity (Wildman–Crippen MR) is 128 cm³/mol. The number of amides is 1. The Kier molecular flexibility index (Phi) is 5.29. The molecule has 8 nitrogen and oxygen atoms in total. The van der Waals surface area contributed by atoms with Crippen molar-refractivity contribution < 1.29 is 14.7 Å². The molecule has 33 heavy (non-hydrogen) atoms. The molecule has 9 heteroatoms. The highest BCUT2D eigenvalue weighted by Crippen LogP contribution is 2.28. The van der Waals surface area contributed by atoms with Crippen LogP contribution in [0.1, 0.15) is 31.2 Å². The van der Waals surface area contributed by atoms with Gasteiger partial charge >= 0.3 is 0 Å². The molecule has 3 heterocycles. The standard InChI is InChI=1S/C24H17N5O3S/c30-22(14-3-1-4-16(11-14)27-24(32)20-5-2-10-33-20)15-6-7-19-17(12-15)18(23(31)28-19)13-25-21-8-9-26-29-21/h1-13,28,31H,(H,26,29)(H,27,32). The number of thiophene rings is 1. The minimum Gasteiger partial charge on any atom is -0.494 e. The molecule has 1 amide bonds. The topological polar surface area (TPSA) is 123 Å². The van der Waals surface area contributed by atoms with Crippen molar-refractivity contribution in [2.75, 3.05) is 5.32 Å². The van der Waals surface area contributed by atoms with Crippen molar-refractivity contribution in [2.45, 2.75) is 0 Å². The molecular formula is C24H17N5O3S. The molecule has 0 aliphatic carbocycles. The van der Waals surface area contributed by atoms with Crippen LogP contribution in [0, 0.1) is 0 Å². The number of H-pyrrole nitrogens is 2. The Labute approximate surface area is 191 Å². The maximum absolute atomic E-state index is 13.2. The number of fused-ring (bicyclic) bond motifs is 1. The van der Waals surface area contributed by atoms with Crippen molar-refractivity contribution in [3.8, 4) is 5.88 Å². The van der Waals surface area contributed by atoms with Gasteiger partial charge in [0.1, 0.15) is 5.82 Å². The maximum Gasteiger partial charge on any atom is 0.265 e. The van der Waals surface area contributed by atoms with Gasteiger partial charge in [-0.2, -0.15) is 5.10 Å². The van der Waals surface area contributed by atoms with Crippen molar-refractivity contribution in [1.82, 2.24) is 15.2 Å². The lowest BCUT2D eigenvalue weighted by atomic mass is 10.0. The Bertz CT molecular complexity index is 1480. The SMILES string of the molecule is O=C(c1cccc(NC(=O)c2cccs2)c1)c1ccc2[nH]c(O)c(C=Nc3ccn[nH]3)c2c1. The number of ketones is 1. The average Bonchev–Trinajstić information content (AvgIpc) is 3.58. The molecule has 0 unspecified atom stereocenters. The monoisotopic (exact) mass is 455 g/mol. The van der Waals surface area contributed by atoms with Crippen LogP contribution in [0.25, 0.3) is 10.9 Å². The first kappa shape index (κ1) is 20.4. The largest absolute Gasteiger partial charge is 0.494 e. The summed E-state index contributed by atoms with van der Waals surface area (Å²) in [5.74, 6) is 0.0647. The summed E-state index contributed by atoms with van der Waals surface area (Å²) in [5, 5.41) is 22.2. The Balaban J connectivity index is 1.44. The van der Waals surface area contributed by atoms with Crippen molar-refractivity contribution in [3.05, 3.63) is 93.8 Å². The fourth-order valence-electron chi connectivity index (χ4n) is 3.43. The summed E-state index contributed by atoms with van der Waals surface area (Å²) in [6, 6.07) is 17.2. The molecule has 2 aromatic carbocycles. The summed E-state index contributed by atoms with van der Waals surface area (Å²) < 4.78 is 0. The number of anilines is 1. The van der Waals surface area contributed by atoms with Gasteiger partial charge in [0.05, 0.1) is 16.6 Å². The van der Waals surface area contributed by atoms with E-state index in [0.29, 0.717) is 44.0 Å². The lowest BCUT2D eigenvalue weighted by Gasteiger charge is -2.07. The van der Waals surface area contributed by atoms with Crippen LogP contribution in [0.5, 0.6) is 5.88 Å². The molecule has 0 saturated heterocycles. The van der Waals surface area contributed by atoms with Crippen LogP contribution in [0.15, 0.2) is 77.2 Å². The molecule has 5 rings (SSSR count). The van der Waals surface area contributed by atoms with E-state index in [2.05, 4.69) is 25.5 Å². The molecule has 0 atom stereocenters. The smallest absolute Gasteiger partial charge is 0.265 e. The van der Waals surface area contributed by atoms with E-state index in [0.717, 1.165) is 0 Å². The van der Waals surface area contributed by atoms with E-state index in [1.807, 2.05) is 11.4 Å². The molecule has 0 saturated carbocycles. The molecule has 3 aromatic heterocycles. The number of carbonyl (C=O) groups excluding carboxylic acids is 2. The van der Waals surface area contributed by atoms with Gasteiger partial charge in [0.25, 0.3) is 5.91 Å². The Morgan fingerprint density at radius 1 is 1.06 bits per heavy atom. The maximum atomic E-state index is 13.2. The minimum atomic E-state index is -0.222. The zero-order valence-electron chi connectivity index (χ0n) is 17.1. The highest BCUT2D eigenvalue weighted by atomic mass is 32.1. The second-order valence-electron chi connectivity index (χ2n) is 7.19. The second-order valence-corrected chi connectivity index (χ2v) is 8.14. The summed E-state index contributed by atoms with van der Waals surface area (Å²) in [6.07, 6.45) is 3.09. The van der Waals surface area contributed by atoms with Crippen LogP contribution in [0.2, 0.25) is 0 Å². The first-order valence-electron chi connectivity index (χ1n) is 9.96. The first-order chi connectivity index (χ1) is 16.1. The van der Waals surface area contributed by atoms with E-state index >= 15 is 0 Å². The van der Waals surface area contributed by atoms with Gasteiger partial charge < -0.3 is 15.4 Å². The van der Waals surface area contributed by atoms with Crippen molar-refractivity contribution >= 4 is 51.6 Å². The van der Waals surface area contributed by atoms with Gasteiger partial charge in [-0.3, -0.25) is 14.7 Å². The Hall–Kier alpha value is -4.50. The number of aromatic nitrogens is 3. The fourth-order valence-corrected chi connectivity index (χ4v) is 4.05. The number of hydrogen-bond donors (Lipinski definition) is 4. The number of benzene rings is 2. The molecule has 162 valence electrons. The fraction of sp³-hybridized carbons (Fsp3) is 0. The second kappa shape index (κ2) is 8.56. The van der Waals surface area contributed by atoms with E-state index in [-0.39, 0.29) is 17.6 Å². The van der Waals surface area contributed by atoms with E-state index in [9.17, 15) is 14.7 Å². The molecular weight excluding hydrogens is 438 g/mol. The van der Waals surface area contributed by atoms with Gasteiger partial charge in [0.2, 0.25) is 0 Å².